The molecule has 1 aliphatic heterocycles. The number of nitrogens with zero attached hydrogens (tertiary/aromatic N) is 5. The van der Waals surface area contributed by atoms with Crippen molar-refractivity contribution in [2.75, 3.05) is 0 Å². The van der Waals surface area contributed by atoms with Crippen LogP contribution in [0.25, 0.3) is 22.8 Å². The van der Waals surface area contributed by atoms with Crippen LogP contribution in [0.2, 0.25) is 0 Å². The van der Waals surface area contributed by atoms with Crippen LogP contribution >= 0.6 is 0 Å². The molecule has 8 heteroatoms. The van der Waals surface area contributed by atoms with E-state index in [9.17, 15) is 5.26 Å². The Balaban J connectivity index is 1.65. The minimum absolute atomic E-state index is 0.0457. The maximum atomic E-state index is 10.2. The number of hydrogen-bond donors (Lipinski definition) is 1. The number of aromatic nitrogens is 4. The van der Waals surface area contributed by atoms with E-state index < -0.39 is 5.92 Å². The predicted molar refractivity (Wildman–Crippen MR) is 134 cm³/mol. The van der Waals surface area contributed by atoms with E-state index in [-0.39, 0.29) is 5.88 Å². The Morgan fingerprint density at radius 3 is 2.14 bits per heavy atom. The van der Waals surface area contributed by atoms with Gasteiger partial charge in [-0.2, -0.15) is 20.1 Å². The molecule has 6 rings (SSSR count). The molecule has 1 aliphatic rings. The molecule has 0 radical (unpaired) electrons. The number of benzene rings is 2. The van der Waals surface area contributed by atoms with Gasteiger partial charge < -0.3 is 14.9 Å². The molecule has 0 saturated heterocycles. The smallest absolute Gasteiger partial charge is 0.229 e. The van der Waals surface area contributed by atoms with Gasteiger partial charge in [0.25, 0.3) is 0 Å². The fourth-order valence-electron chi connectivity index (χ4n) is 4.86. The van der Waals surface area contributed by atoms with Crippen molar-refractivity contribution in [3.05, 3.63) is 113 Å². The summed E-state index contributed by atoms with van der Waals surface area (Å²) in [6, 6.07) is 25.5. The van der Waals surface area contributed by atoms with Crippen LogP contribution in [0, 0.1) is 25.2 Å². The average Bonchev–Trinajstić information content (AvgIpc) is 3.62. The zero-order valence-electron chi connectivity index (χ0n) is 19.7. The lowest BCUT2D eigenvalue weighted by Gasteiger charge is -2.25. The van der Waals surface area contributed by atoms with Crippen molar-refractivity contribution in [1.82, 2.24) is 19.6 Å². The number of aryl methyl sites for hydroxylation is 1. The second-order valence-electron chi connectivity index (χ2n) is 8.55. The van der Waals surface area contributed by atoms with E-state index in [1.807, 2.05) is 85.3 Å². The highest BCUT2D eigenvalue weighted by molar-refractivity contribution is 5.70. The first kappa shape index (κ1) is 21.5. The number of hydrogen-bond acceptors (Lipinski definition) is 6. The molecule has 176 valence electrons. The Kier molecular flexibility index (Phi) is 4.97. The van der Waals surface area contributed by atoms with E-state index in [4.69, 9.17) is 25.1 Å². The van der Waals surface area contributed by atoms with Crippen LogP contribution in [0.4, 0.5) is 0 Å². The maximum absolute atomic E-state index is 10.2. The zero-order chi connectivity index (χ0) is 24.8. The number of nitriles is 1. The number of fused-ring (bicyclic) bond motifs is 1. The van der Waals surface area contributed by atoms with Gasteiger partial charge in [0.05, 0.1) is 34.8 Å². The minimum Gasteiger partial charge on any atom is -0.463 e. The van der Waals surface area contributed by atoms with Crippen LogP contribution in [0.1, 0.15) is 28.4 Å². The van der Waals surface area contributed by atoms with Crippen molar-refractivity contribution in [3.63, 3.8) is 0 Å². The highest BCUT2D eigenvalue weighted by Gasteiger charge is 2.40. The molecule has 0 fully saturated rings. The first-order chi connectivity index (χ1) is 17.6. The summed E-state index contributed by atoms with van der Waals surface area (Å²) >= 11 is 0. The van der Waals surface area contributed by atoms with Crippen molar-refractivity contribution in [2.45, 2.75) is 19.8 Å². The van der Waals surface area contributed by atoms with Gasteiger partial charge in [0.2, 0.25) is 11.8 Å². The summed E-state index contributed by atoms with van der Waals surface area (Å²) in [6.45, 7) is 3.94. The molecule has 0 aliphatic carbocycles. The molecule has 8 nitrogen and oxygen atoms in total. The summed E-state index contributed by atoms with van der Waals surface area (Å²) in [4.78, 5) is 0. The molecular weight excluding hydrogens is 452 g/mol. The molecule has 0 amide bonds. The SMILES string of the molecule is Cc1nn(-c2ccccc2)c(C)c1C1C(C#N)=C(N)Oc2c1c(-c1ccco1)nn2-c1ccccc1. The van der Waals surface area contributed by atoms with Gasteiger partial charge in [0, 0.05) is 11.3 Å². The molecule has 2 aromatic carbocycles. The number of allylic oxidation sites excluding steroid dienone is 1. The fourth-order valence-corrected chi connectivity index (χ4v) is 4.86. The third-order valence-electron chi connectivity index (χ3n) is 6.44. The van der Waals surface area contributed by atoms with Crippen molar-refractivity contribution in [3.8, 4) is 34.8 Å². The van der Waals surface area contributed by atoms with E-state index in [2.05, 4.69) is 6.07 Å². The van der Waals surface area contributed by atoms with E-state index in [1.165, 1.54) is 0 Å². The first-order valence-corrected chi connectivity index (χ1v) is 11.5. The number of nitrogens with two attached hydrogens (primary N) is 1. The van der Waals surface area contributed by atoms with Gasteiger partial charge in [-0.15, -0.1) is 0 Å². The predicted octanol–water partition coefficient (Wildman–Crippen LogP) is 5.15. The van der Waals surface area contributed by atoms with Crippen LogP contribution in [-0.4, -0.2) is 19.6 Å². The Morgan fingerprint density at radius 2 is 1.53 bits per heavy atom. The highest BCUT2D eigenvalue weighted by atomic mass is 16.5. The van der Waals surface area contributed by atoms with E-state index in [0.717, 1.165) is 28.3 Å². The lowest BCUT2D eigenvalue weighted by atomic mass is 9.82. The normalized spacial score (nSPS) is 14.9. The van der Waals surface area contributed by atoms with Crippen LogP contribution in [0.5, 0.6) is 5.88 Å². The van der Waals surface area contributed by atoms with Crippen LogP contribution < -0.4 is 10.5 Å². The summed E-state index contributed by atoms with van der Waals surface area (Å²) in [5.74, 6) is 0.511. The van der Waals surface area contributed by atoms with Crippen molar-refractivity contribution < 1.29 is 9.15 Å². The van der Waals surface area contributed by atoms with E-state index >= 15 is 0 Å². The van der Waals surface area contributed by atoms with Crippen LogP contribution in [0.3, 0.4) is 0 Å². The van der Waals surface area contributed by atoms with Gasteiger partial charge in [-0.25, -0.2) is 4.68 Å². The summed E-state index contributed by atoms with van der Waals surface area (Å²) in [5.41, 5.74) is 12.2. The second kappa shape index (κ2) is 8.32. The largest absolute Gasteiger partial charge is 0.463 e. The zero-order valence-corrected chi connectivity index (χ0v) is 19.7. The molecule has 36 heavy (non-hydrogen) atoms. The summed E-state index contributed by atoms with van der Waals surface area (Å²) in [7, 11) is 0. The number of furan rings is 1. The number of rotatable bonds is 4. The molecule has 2 N–H and O–H groups in total. The molecule has 0 spiro atoms. The summed E-state index contributed by atoms with van der Waals surface area (Å²) in [6.07, 6.45) is 1.60. The molecule has 1 unspecified atom stereocenters. The first-order valence-electron chi connectivity index (χ1n) is 11.5. The molecule has 4 heterocycles. The minimum atomic E-state index is -0.547. The van der Waals surface area contributed by atoms with Crippen molar-refractivity contribution in [1.29, 1.82) is 5.26 Å². The summed E-state index contributed by atoms with van der Waals surface area (Å²) in [5, 5.41) is 19.9. The number of ether oxygens (including phenoxy) is 1. The molecule has 5 aromatic rings. The van der Waals surface area contributed by atoms with E-state index in [1.54, 1.807) is 17.0 Å². The lowest BCUT2D eigenvalue weighted by Crippen LogP contribution is -2.22. The second-order valence-corrected chi connectivity index (χ2v) is 8.55. The van der Waals surface area contributed by atoms with E-state index in [0.29, 0.717) is 28.5 Å². The molecule has 3 aromatic heterocycles. The highest BCUT2D eigenvalue weighted by Crippen LogP contribution is 2.49. The molecule has 1 atom stereocenters. The Bertz CT molecular complexity index is 1640. The van der Waals surface area contributed by atoms with Gasteiger partial charge in [-0.05, 0) is 50.2 Å². The third-order valence-corrected chi connectivity index (χ3v) is 6.44. The standard InChI is InChI=1S/C28H22N6O2/c1-17-23(18(2)33(31-17)19-10-5-3-6-11-19)24-21(16-29)27(30)36-28-25(24)26(22-14-9-15-35-22)32-34(28)20-12-7-4-8-13-20/h3-15,24H,30H2,1-2H3. The quantitative estimate of drug-likeness (QED) is 0.386. The van der Waals surface area contributed by atoms with Crippen LogP contribution in [-0.2, 0) is 0 Å². The van der Waals surface area contributed by atoms with Crippen LogP contribution in [0.15, 0.2) is 94.9 Å². The average molecular weight is 475 g/mol. The van der Waals surface area contributed by atoms with Crippen molar-refractivity contribution >= 4 is 0 Å². The van der Waals surface area contributed by atoms with Gasteiger partial charge in [-0.1, -0.05) is 36.4 Å². The number of para-hydroxylation sites is 2. The van der Waals surface area contributed by atoms with Gasteiger partial charge >= 0.3 is 0 Å². The lowest BCUT2D eigenvalue weighted by molar-refractivity contribution is 0.367. The molecule has 0 saturated carbocycles. The Hall–Kier alpha value is -5.03. The Labute approximate surface area is 207 Å². The Morgan fingerprint density at radius 1 is 0.861 bits per heavy atom. The maximum Gasteiger partial charge on any atom is 0.229 e. The topological polar surface area (TPSA) is 108 Å². The molecule has 0 bridgehead atoms. The van der Waals surface area contributed by atoms with Gasteiger partial charge in [0.1, 0.15) is 17.3 Å². The third kappa shape index (κ3) is 3.21. The monoisotopic (exact) mass is 474 g/mol. The van der Waals surface area contributed by atoms with Gasteiger partial charge in [-0.3, -0.25) is 0 Å². The fraction of sp³-hybridized carbons (Fsp3) is 0.107. The van der Waals surface area contributed by atoms with Crippen molar-refractivity contribution in [2.24, 2.45) is 5.73 Å². The molecular formula is C28H22N6O2. The van der Waals surface area contributed by atoms with Gasteiger partial charge in [0.15, 0.2) is 5.76 Å². The summed E-state index contributed by atoms with van der Waals surface area (Å²) < 4.78 is 15.4.